The molecule has 0 unspecified atom stereocenters. The molecule has 5 heteroatoms. The number of hydrogen-bond donors (Lipinski definition) is 1. The molecule has 0 radical (unpaired) electrons. The van der Waals surface area contributed by atoms with Crippen LogP contribution in [0.25, 0.3) is 0 Å². The summed E-state index contributed by atoms with van der Waals surface area (Å²) in [5.41, 5.74) is 0. The highest BCUT2D eigenvalue weighted by atomic mass is 32.2. The maximum atomic E-state index is 11.6. The summed E-state index contributed by atoms with van der Waals surface area (Å²) < 4.78 is 24.8. The third kappa shape index (κ3) is 3.25. The Morgan fingerprint density at radius 1 is 1.38 bits per heavy atom. The van der Waals surface area contributed by atoms with E-state index in [-0.39, 0.29) is 5.75 Å². The Kier molecular flexibility index (Phi) is 4.15. The summed E-state index contributed by atoms with van der Waals surface area (Å²) in [7, 11) is -2.96. The van der Waals surface area contributed by atoms with Crippen LogP contribution < -0.4 is 5.32 Å². The minimum Gasteiger partial charge on any atom is -0.314 e. The number of nitrogens with zero attached hydrogens (tertiary/aromatic N) is 1. The molecule has 0 saturated carbocycles. The Labute approximate surface area is 80.4 Å². The average Bonchev–Trinajstić information content (AvgIpc) is 2.23. The van der Waals surface area contributed by atoms with Gasteiger partial charge < -0.3 is 5.32 Å². The molecule has 0 spiro atoms. The largest absolute Gasteiger partial charge is 0.314 e. The van der Waals surface area contributed by atoms with Gasteiger partial charge in [-0.1, -0.05) is 13.3 Å². The topological polar surface area (TPSA) is 49.4 Å². The number of unbranched alkanes of at least 4 members (excludes halogenated alkanes) is 1. The van der Waals surface area contributed by atoms with Crippen LogP contribution in [0.15, 0.2) is 0 Å². The Balaban J connectivity index is 2.56. The fourth-order valence-electron chi connectivity index (χ4n) is 1.38. The lowest BCUT2D eigenvalue weighted by Crippen LogP contribution is -2.34. The Morgan fingerprint density at radius 2 is 2.15 bits per heavy atom. The third-order valence-corrected chi connectivity index (χ3v) is 4.10. The van der Waals surface area contributed by atoms with E-state index in [4.69, 9.17) is 0 Å². The fraction of sp³-hybridized carbons (Fsp3) is 1.00. The second kappa shape index (κ2) is 4.93. The van der Waals surface area contributed by atoms with Crippen molar-refractivity contribution in [3.8, 4) is 0 Å². The molecule has 4 nitrogen and oxygen atoms in total. The summed E-state index contributed by atoms with van der Waals surface area (Å²) in [6.45, 7) is 4.75. The van der Waals surface area contributed by atoms with Crippen molar-refractivity contribution >= 4 is 10.0 Å². The van der Waals surface area contributed by atoms with Crippen molar-refractivity contribution in [2.45, 2.75) is 19.8 Å². The van der Waals surface area contributed by atoms with Crippen molar-refractivity contribution in [3.05, 3.63) is 0 Å². The third-order valence-electron chi connectivity index (χ3n) is 2.23. The minimum absolute atomic E-state index is 0.247. The number of sulfonamides is 1. The van der Waals surface area contributed by atoms with Crippen molar-refractivity contribution in [1.82, 2.24) is 9.62 Å². The molecule has 0 aromatic rings. The van der Waals surface area contributed by atoms with Crippen LogP contribution in [-0.4, -0.2) is 44.7 Å². The molecule has 13 heavy (non-hydrogen) atoms. The van der Waals surface area contributed by atoms with Crippen LogP contribution in [0.3, 0.4) is 0 Å². The van der Waals surface area contributed by atoms with E-state index in [1.54, 1.807) is 4.31 Å². The second-order valence-electron chi connectivity index (χ2n) is 3.32. The van der Waals surface area contributed by atoms with E-state index in [2.05, 4.69) is 12.2 Å². The fourth-order valence-corrected chi connectivity index (χ4v) is 2.82. The highest BCUT2D eigenvalue weighted by Gasteiger charge is 2.22. The van der Waals surface area contributed by atoms with Crippen molar-refractivity contribution in [3.63, 3.8) is 0 Å². The normalized spacial score (nSPS) is 24.1. The van der Waals surface area contributed by atoms with Gasteiger partial charge in [-0.3, -0.25) is 0 Å². The molecule has 0 amide bonds. The van der Waals surface area contributed by atoms with E-state index >= 15 is 0 Å². The molecule has 1 aliphatic heterocycles. The van der Waals surface area contributed by atoms with E-state index in [0.29, 0.717) is 19.6 Å². The zero-order valence-electron chi connectivity index (χ0n) is 8.12. The first-order valence-electron chi connectivity index (χ1n) is 4.85. The van der Waals surface area contributed by atoms with E-state index in [0.717, 1.165) is 19.4 Å². The van der Waals surface area contributed by atoms with E-state index in [1.807, 2.05) is 0 Å². The number of hydrogen-bond acceptors (Lipinski definition) is 3. The van der Waals surface area contributed by atoms with E-state index in [9.17, 15) is 8.42 Å². The first-order valence-corrected chi connectivity index (χ1v) is 6.46. The zero-order chi connectivity index (χ0) is 9.73. The quantitative estimate of drug-likeness (QED) is 0.708. The van der Waals surface area contributed by atoms with Crippen LogP contribution in [0.4, 0.5) is 0 Å². The maximum Gasteiger partial charge on any atom is 0.215 e. The van der Waals surface area contributed by atoms with Crippen LogP contribution in [-0.2, 0) is 10.0 Å². The van der Waals surface area contributed by atoms with Crippen molar-refractivity contribution in [2.75, 3.05) is 31.9 Å². The molecular weight excluding hydrogens is 188 g/mol. The molecule has 0 aromatic heterocycles. The predicted octanol–water partition coefficient (Wildman–Crippen LogP) is 0.0215. The van der Waals surface area contributed by atoms with Crippen molar-refractivity contribution in [2.24, 2.45) is 0 Å². The SMILES string of the molecule is CCCCN1CCNCCS1(=O)=O. The summed E-state index contributed by atoms with van der Waals surface area (Å²) in [6.07, 6.45) is 2.00. The molecule has 0 aromatic carbocycles. The van der Waals surface area contributed by atoms with Crippen molar-refractivity contribution < 1.29 is 8.42 Å². The van der Waals surface area contributed by atoms with E-state index in [1.165, 1.54) is 0 Å². The van der Waals surface area contributed by atoms with E-state index < -0.39 is 10.0 Å². The molecule has 1 heterocycles. The molecule has 1 saturated heterocycles. The van der Waals surface area contributed by atoms with Gasteiger partial charge in [-0.05, 0) is 6.42 Å². The van der Waals surface area contributed by atoms with Gasteiger partial charge in [0.05, 0.1) is 5.75 Å². The standard InChI is InChI=1S/C8H18N2O2S/c1-2-3-6-10-7-4-9-5-8-13(10,11)12/h9H,2-8H2,1H3. The molecule has 1 aliphatic rings. The average molecular weight is 206 g/mol. The minimum atomic E-state index is -2.96. The summed E-state index contributed by atoms with van der Waals surface area (Å²) in [5.74, 6) is 0.247. The number of rotatable bonds is 3. The molecule has 0 bridgehead atoms. The molecule has 1 N–H and O–H groups in total. The van der Waals surface area contributed by atoms with Gasteiger partial charge in [0.15, 0.2) is 0 Å². The highest BCUT2D eigenvalue weighted by molar-refractivity contribution is 7.89. The van der Waals surface area contributed by atoms with Crippen molar-refractivity contribution in [1.29, 1.82) is 0 Å². The van der Waals surface area contributed by atoms with Gasteiger partial charge in [0.25, 0.3) is 0 Å². The monoisotopic (exact) mass is 206 g/mol. The molecule has 0 atom stereocenters. The van der Waals surface area contributed by atoms with Crippen LogP contribution in [0, 0.1) is 0 Å². The first-order chi connectivity index (χ1) is 6.17. The molecular formula is C8H18N2O2S. The lowest BCUT2D eigenvalue weighted by molar-refractivity contribution is 0.411. The smallest absolute Gasteiger partial charge is 0.215 e. The molecule has 0 aliphatic carbocycles. The van der Waals surface area contributed by atoms with Gasteiger partial charge in [-0.25, -0.2) is 12.7 Å². The highest BCUT2D eigenvalue weighted by Crippen LogP contribution is 2.05. The summed E-state index contributed by atoms with van der Waals surface area (Å²) >= 11 is 0. The summed E-state index contributed by atoms with van der Waals surface area (Å²) in [5, 5.41) is 3.09. The van der Waals surface area contributed by atoms with Crippen LogP contribution in [0.5, 0.6) is 0 Å². The van der Waals surface area contributed by atoms with Crippen LogP contribution in [0.2, 0.25) is 0 Å². The second-order valence-corrected chi connectivity index (χ2v) is 5.41. The van der Waals surface area contributed by atoms with Gasteiger partial charge >= 0.3 is 0 Å². The van der Waals surface area contributed by atoms with Gasteiger partial charge in [0, 0.05) is 26.2 Å². The lowest BCUT2D eigenvalue weighted by atomic mass is 10.3. The molecule has 1 rings (SSSR count). The molecule has 1 fully saturated rings. The Hall–Kier alpha value is -0.130. The van der Waals surface area contributed by atoms with Crippen LogP contribution >= 0.6 is 0 Å². The number of nitrogens with one attached hydrogen (secondary N) is 1. The first kappa shape index (κ1) is 10.9. The maximum absolute atomic E-state index is 11.6. The molecule has 78 valence electrons. The Morgan fingerprint density at radius 3 is 2.85 bits per heavy atom. The summed E-state index contributed by atoms with van der Waals surface area (Å²) in [4.78, 5) is 0. The van der Waals surface area contributed by atoms with Gasteiger partial charge in [0.1, 0.15) is 0 Å². The van der Waals surface area contributed by atoms with Gasteiger partial charge in [-0.15, -0.1) is 0 Å². The van der Waals surface area contributed by atoms with Gasteiger partial charge in [0.2, 0.25) is 10.0 Å². The van der Waals surface area contributed by atoms with Gasteiger partial charge in [-0.2, -0.15) is 0 Å². The zero-order valence-corrected chi connectivity index (χ0v) is 8.94. The summed E-state index contributed by atoms with van der Waals surface area (Å²) in [6, 6.07) is 0. The lowest BCUT2D eigenvalue weighted by Gasteiger charge is -2.18. The van der Waals surface area contributed by atoms with Crippen LogP contribution in [0.1, 0.15) is 19.8 Å². The predicted molar refractivity (Wildman–Crippen MR) is 53.1 cm³/mol. The Bertz CT molecular complexity index is 239.